The Bertz CT molecular complexity index is 1230. The average Bonchev–Trinajstić information content (AvgIpc) is 3.23. The normalized spacial score (nSPS) is 13.7. The van der Waals surface area contributed by atoms with E-state index in [4.69, 9.17) is 9.26 Å². The molecule has 4 rings (SSSR count). The van der Waals surface area contributed by atoms with Crippen LogP contribution in [-0.4, -0.2) is 31.1 Å². The fourth-order valence-electron chi connectivity index (χ4n) is 3.34. The molecule has 1 amide bonds. The number of thiophene rings is 1. The highest BCUT2D eigenvalue weighted by Gasteiger charge is 2.29. The predicted octanol–water partition coefficient (Wildman–Crippen LogP) is 3.25. The van der Waals surface area contributed by atoms with Gasteiger partial charge in [-0.2, -0.15) is 4.98 Å². The molecule has 0 bridgehead atoms. The first kappa shape index (κ1) is 20.5. The molecule has 1 aromatic carbocycles. The zero-order valence-electron chi connectivity index (χ0n) is 16.6. The summed E-state index contributed by atoms with van der Waals surface area (Å²) in [6.07, 6.45) is 0.634. The highest BCUT2D eigenvalue weighted by atomic mass is 32.2. The highest BCUT2D eigenvalue weighted by molar-refractivity contribution is 7.93. The lowest BCUT2D eigenvalue weighted by Gasteiger charge is -2.13. The largest absolute Gasteiger partial charge is 0.376 e. The molecule has 0 unspecified atom stereocenters. The van der Waals surface area contributed by atoms with Crippen LogP contribution in [0.15, 0.2) is 27.6 Å². The van der Waals surface area contributed by atoms with E-state index in [-0.39, 0.29) is 16.7 Å². The summed E-state index contributed by atoms with van der Waals surface area (Å²) in [5, 5.41) is 6.90. The van der Waals surface area contributed by atoms with Crippen LogP contribution in [0.1, 0.15) is 28.8 Å². The molecular weight excluding hydrogens is 428 g/mol. The number of amides is 1. The second kappa shape index (κ2) is 7.82. The van der Waals surface area contributed by atoms with Crippen LogP contribution in [0.2, 0.25) is 0 Å². The van der Waals surface area contributed by atoms with Gasteiger partial charge < -0.3 is 14.6 Å². The minimum absolute atomic E-state index is 0.117. The molecule has 2 N–H and O–H groups in total. The molecule has 1 aliphatic heterocycles. The van der Waals surface area contributed by atoms with E-state index < -0.39 is 10.0 Å². The average molecular weight is 449 g/mol. The summed E-state index contributed by atoms with van der Waals surface area (Å²) in [5.41, 5.74) is 2.61. The lowest BCUT2D eigenvalue weighted by molar-refractivity contribution is -0.114. The molecule has 11 heteroatoms. The lowest BCUT2D eigenvalue weighted by atomic mass is 10.1. The number of aryl methyl sites for hydroxylation is 2. The van der Waals surface area contributed by atoms with Gasteiger partial charge in [-0.15, -0.1) is 11.3 Å². The van der Waals surface area contributed by atoms with Crippen molar-refractivity contribution in [2.75, 3.05) is 16.6 Å². The van der Waals surface area contributed by atoms with Gasteiger partial charge in [0.1, 0.15) is 5.00 Å². The second-order valence-corrected chi connectivity index (χ2v) is 9.68. The third kappa shape index (κ3) is 3.95. The molecule has 2 aromatic heterocycles. The fourth-order valence-corrected chi connectivity index (χ4v) is 6.05. The van der Waals surface area contributed by atoms with Crippen molar-refractivity contribution in [3.63, 3.8) is 0 Å². The number of anilines is 2. The van der Waals surface area contributed by atoms with Gasteiger partial charge in [-0.3, -0.25) is 9.52 Å². The summed E-state index contributed by atoms with van der Waals surface area (Å²) in [5.74, 6) is 0.520. The maximum atomic E-state index is 13.2. The maximum absolute atomic E-state index is 13.2. The number of carbonyl (C=O) groups excluding carboxylic acids is 1. The maximum Gasteiger partial charge on any atom is 0.262 e. The van der Waals surface area contributed by atoms with Gasteiger partial charge in [-0.1, -0.05) is 5.16 Å². The monoisotopic (exact) mass is 448 g/mol. The molecule has 0 saturated heterocycles. The molecule has 0 radical (unpaired) electrons. The van der Waals surface area contributed by atoms with Crippen LogP contribution in [0, 0.1) is 13.8 Å². The third-order valence-electron chi connectivity index (χ3n) is 4.57. The minimum Gasteiger partial charge on any atom is -0.376 e. The molecule has 0 fully saturated rings. The van der Waals surface area contributed by atoms with Crippen LogP contribution in [-0.2, 0) is 32.6 Å². The van der Waals surface area contributed by atoms with Gasteiger partial charge in [0.2, 0.25) is 5.91 Å². The van der Waals surface area contributed by atoms with Crippen molar-refractivity contribution in [3.8, 4) is 11.5 Å². The third-order valence-corrected chi connectivity index (χ3v) is 7.33. The summed E-state index contributed by atoms with van der Waals surface area (Å²) >= 11 is 1.30. The van der Waals surface area contributed by atoms with E-state index in [1.165, 1.54) is 24.3 Å². The van der Waals surface area contributed by atoms with Crippen LogP contribution in [0.3, 0.4) is 0 Å². The van der Waals surface area contributed by atoms with Gasteiger partial charge in [0, 0.05) is 17.5 Å². The molecule has 1 aliphatic rings. The zero-order valence-corrected chi connectivity index (χ0v) is 18.2. The van der Waals surface area contributed by atoms with E-state index in [1.807, 2.05) is 0 Å². The highest BCUT2D eigenvalue weighted by Crippen LogP contribution is 2.43. The van der Waals surface area contributed by atoms with E-state index >= 15 is 0 Å². The lowest BCUT2D eigenvalue weighted by Crippen LogP contribution is -2.15. The van der Waals surface area contributed by atoms with E-state index in [1.54, 1.807) is 26.0 Å². The number of sulfonamides is 1. The Morgan fingerprint density at radius 3 is 2.73 bits per heavy atom. The Labute approximate surface area is 177 Å². The number of nitrogens with one attached hydrogen (secondary N) is 2. The van der Waals surface area contributed by atoms with Crippen molar-refractivity contribution in [1.29, 1.82) is 0 Å². The van der Waals surface area contributed by atoms with E-state index in [0.717, 1.165) is 10.4 Å². The van der Waals surface area contributed by atoms with Crippen LogP contribution in [0.5, 0.6) is 0 Å². The van der Waals surface area contributed by atoms with Gasteiger partial charge in [0.05, 0.1) is 23.7 Å². The van der Waals surface area contributed by atoms with Gasteiger partial charge in [-0.25, -0.2) is 8.42 Å². The van der Waals surface area contributed by atoms with E-state index in [2.05, 4.69) is 20.2 Å². The number of carbonyl (C=O) groups is 1. The molecule has 3 heterocycles. The quantitative estimate of drug-likeness (QED) is 0.614. The topological polar surface area (TPSA) is 123 Å². The van der Waals surface area contributed by atoms with Crippen molar-refractivity contribution in [2.24, 2.45) is 0 Å². The fraction of sp³-hybridized carbons (Fsp3) is 0.316. The first-order valence-electron chi connectivity index (χ1n) is 9.18. The van der Waals surface area contributed by atoms with Gasteiger partial charge in [-0.05, 0) is 49.6 Å². The Kier molecular flexibility index (Phi) is 5.35. The number of hydrogen-bond acceptors (Lipinski definition) is 8. The number of nitrogens with zero attached hydrogens (tertiary/aromatic N) is 2. The van der Waals surface area contributed by atoms with Gasteiger partial charge >= 0.3 is 0 Å². The molecule has 158 valence electrons. The van der Waals surface area contributed by atoms with Crippen LogP contribution < -0.4 is 10.0 Å². The number of ether oxygens (including phenoxy) is 1. The summed E-state index contributed by atoms with van der Waals surface area (Å²) in [7, 11) is -3.90. The standard InChI is InChI=1S/C19H20N4O5S2/c1-10-8-13(21-12(3)24)4-5-16(10)30(25,26)23-19-17(18-20-11(2)22-28-18)14-6-7-27-9-15(14)29-19/h4-5,8,23H,6-7,9H2,1-3H3,(H,21,24). The van der Waals surface area contributed by atoms with Crippen LogP contribution >= 0.6 is 11.3 Å². The number of benzene rings is 1. The molecular formula is C19H20N4O5S2. The van der Waals surface area contributed by atoms with Crippen molar-refractivity contribution in [1.82, 2.24) is 10.1 Å². The first-order chi connectivity index (χ1) is 14.2. The molecule has 3 aromatic rings. The van der Waals surface area contributed by atoms with Gasteiger partial charge in [0.15, 0.2) is 5.82 Å². The summed E-state index contributed by atoms with van der Waals surface area (Å²) in [6.45, 7) is 5.73. The van der Waals surface area contributed by atoms with Crippen molar-refractivity contribution in [3.05, 3.63) is 40.0 Å². The second-order valence-electron chi connectivity index (χ2n) is 6.92. The zero-order chi connectivity index (χ0) is 21.5. The summed E-state index contributed by atoms with van der Waals surface area (Å²) in [6, 6.07) is 4.64. The van der Waals surface area contributed by atoms with Crippen molar-refractivity contribution in [2.45, 2.75) is 38.7 Å². The Hall–Kier alpha value is -2.76. The Balaban J connectivity index is 1.73. The number of aromatic nitrogens is 2. The molecule has 0 saturated carbocycles. The number of hydrogen-bond donors (Lipinski definition) is 2. The predicted molar refractivity (Wildman–Crippen MR) is 112 cm³/mol. The SMILES string of the molecule is CC(=O)Nc1ccc(S(=O)(=O)Nc2sc3c(c2-c2nc(C)no2)CCOC3)c(C)c1. The molecule has 0 aliphatic carbocycles. The molecule has 30 heavy (non-hydrogen) atoms. The molecule has 0 atom stereocenters. The Morgan fingerprint density at radius 1 is 1.27 bits per heavy atom. The first-order valence-corrected chi connectivity index (χ1v) is 11.5. The molecule has 9 nitrogen and oxygen atoms in total. The van der Waals surface area contributed by atoms with E-state index in [9.17, 15) is 13.2 Å². The molecule has 0 spiro atoms. The summed E-state index contributed by atoms with van der Waals surface area (Å²) in [4.78, 5) is 16.6. The number of rotatable bonds is 5. The summed E-state index contributed by atoms with van der Waals surface area (Å²) < 4.78 is 39.9. The van der Waals surface area contributed by atoms with Gasteiger partial charge in [0.25, 0.3) is 15.9 Å². The van der Waals surface area contributed by atoms with Crippen molar-refractivity contribution < 1.29 is 22.5 Å². The van der Waals surface area contributed by atoms with Crippen LogP contribution in [0.4, 0.5) is 10.7 Å². The minimum atomic E-state index is -3.90. The van der Waals surface area contributed by atoms with Crippen molar-refractivity contribution >= 4 is 38.0 Å². The van der Waals surface area contributed by atoms with Crippen LogP contribution in [0.25, 0.3) is 11.5 Å². The smallest absolute Gasteiger partial charge is 0.262 e. The number of fused-ring (bicyclic) bond motifs is 1. The Morgan fingerprint density at radius 2 is 2.07 bits per heavy atom. The van der Waals surface area contributed by atoms with E-state index in [0.29, 0.717) is 47.3 Å².